The molecule has 1 unspecified atom stereocenters. The molecular formula is C17H21Cl4N3O2. The SMILES string of the molecule is CC1CN(C(=O)CCc2ncc(-c3ccc(Cl)cc3Cl)o2)CCN1.Cl.Cl. The fourth-order valence-corrected chi connectivity index (χ4v) is 3.27. The minimum atomic E-state index is 0. The Hall–Kier alpha value is -0.980. The minimum absolute atomic E-state index is 0. The largest absolute Gasteiger partial charge is 0.441 e. The molecule has 5 nitrogen and oxygen atoms in total. The van der Waals surface area contributed by atoms with Gasteiger partial charge in [0.05, 0.1) is 11.2 Å². The first kappa shape index (κ1) is 23.1. The highest BCUT2D eigenvalue weighted by molar-refractivity contribution is 6.36. The Kier molecular flexibility index (Phi) is 9.21. The topological polar surface area (TPSA) is 58.4 Å². The van der Waals surface area contributed by atoms with Crippen LogP contribution in [0.2, 0.25) is 10.0 Å². The van der Waals surface area contributed by atoms with Crippen LogP contribution >= 0.6 is 48.0 Å². The number of halogens is 4. The summed E-state index contributed by atoms with van der Waals surface area (Å²) in [6.07, 6.45) is 2.49. The molecule has 1 amide bonds. The third kappa shape index (κ3) is 5.76. The number of oxazole rings is 1. The molecule has 1 fully saturated rings. The van der Waals surface area contributed by atoms with E-state index >= 15 is 0 Å². The number of carbonyl (C=O) groups is 1. The van der Waals surface area contributed by atoms with Crippen molar-refractivity contribution in [2.75, 3.05) is 19.6 Å². The highest BCUT2D eigenvalue weighted by Gasteiger charge is 2.20. The number of amides is 1. The first-order chi connectivity index (χ1) is 11.5. The quantitative estimate of drug-likeness (QED) is 0.772. The van der Waals surface area contributed by atoms with Gasteiger partial charge in [0.25, 0.3) is 0 Å². The highest BCUT2D eigenvalue weighted by atomic mass is 35.5. The lowest BCUT2D eigenvalue weighted by molar-refractivity contribution is -0.132. The van der Waals surface area contributed by atoms with Crippen molar-refractivity contribution in [2.24, 2.45) is 0 Å². The molecule has 0 saturated carbocycles. The Labute approximate surface area is 175 Å². The Balaban J connectivity index is 0.00000169. The van der Waals surface area contributed by atoms with Crippen molar-refractivity contribution in [3.63, 3.8) is 0 Å². The van der Waals surface area contributed by atoms with Gasteiger partial charge in [-0.2, -0.15) is 0 Å². The van der Waals surface area contributed by atoms with E-state index in [0.717, 1.165) is 25.2 Å². The van der Waals surface area contributed by atoms with E-state index in [1.165, 1.54) is 0 Å². The van der Waals surface area contributed by atoms with Crippen molar-refractivity contribution in [3.8, 4) is 11.3 Å². The molecular weight excluding hydrogens is 420 g/mol. The molecule has 2 heterocycles. The monoisotopic (exact) mass is 439 g/mol. The van der Waals surface area contributed by atoms with Crippen LogP contribution in [0.5, 0.6) is 0 Å². The van der Waals surface area contributed by atoms with Crippen LogP contribution in [0.25, 0.3) is 11.3 Å². The number of piperazine rings is 1. The molecule has 144 valence electrons. The summed E-state index contributed by atoms with van der Waals surface area (Å²) in [6.45, 7) is 4.41. The van der Waals surface area contributed by atoms with E-state index in [1.54, 1.807) is 24.4 Å². The van der Waals surface area contributed by atoms with Gasteiger partial charge in [0.2, 0.25) is 5.91 Å². The molecule has 1 aliphatic heterocycles. The summed E-state index contributed by atoms with van der Waals surface area (Å²) in [5.41, 5.74) is 0.738. The molecule has 0 aliphatic carbocycles. The summed E-state index contributed by atoms with van der Waals surface area (Å²) < 4.78 is 5.73. The van der Waals surface area contributed by atoms with Crippen LogP contribution in [0.1, 0.15) is 19.2 Å². The molecule has 3 rings (SSSR count). The molecule has 26 heavy (non-hydrogen) atoms. The van der Waals surface area contributed by atoms with Crippen LogP contribution in [-0.2, 0) is 11.2 Å². The molecule has 0 radical (unpaired) electrons. The number of hydrogen-bond acceptors (Lipinski definition) is 4. The van der Waals surface area contributed by atoms with Crippen LogP contribution < -0.4 is 5.32 Å². The lowest BCUT2D eigenvalue weighted by atomic mass is 10.2. The number of aryl methyl sites for hydroxylation is 1. The van der Waals surface area contributed by atoms with Gasteiger partial charge in [-0.25, -0.2) is 4.98 Å². The van der Waals surface area contributed by atoms with E-state index < -0.39 is 0 Å². The number of aromatic nitrogens is 1. The van der Waals surface area contributed by atoms with Gasteiger partial charge in [-0.1, -0.05) is 23.2 Å². The lowest BCUT2D eigenvalue weighted by Crippen LogP contribution is -2.51. The molecule has 1 aromatic heterocycles. The molecule has 1 atom stereocenters. The summed E-state index contributed by atoms with van der Waals surface area (Å²) in [4.78, 5) is 18.4. The van der Waals surface area contributed by atoms with Crippen LogP contribution in [0, 0.1) is 0 Å². The van der Waals surface area contributed by atoms with E-state index in [1.807, 2.05) is 4.90 Å². The molecule has 1 saturated heterocycles. The van der Waals surface area contributed by atoms with E-state index in [4.69, 9.17) is 27.6 Å². The van der Waals surface area contributed by atoms with Crippen LogP contribution in [0.3, 0.4) is 0 Å². The standard InChI is InChI=1S/C17H19Cl2N3O2.2ClH/c1-11-10-22(7-6-20-11)17(23)5-4-16-21-9-15(24-16)13-3-2-12(18)8-14(13)19;;/h2-3,8-9,11,20H,4-7,10H2,1H3;2*1H. The smallest absolute Gasteiger partial charge is 0.223 e. The van der Waals surface area contributed by atoms with Gasteiger partial charge in [0, 0.05) is 49.1 Å². The zero-order valence-electron chi connectivity index (χ0n) is 14.2. The van der Waals surface area contributed by atoms with Gasteiger partial charge in [0.1, 0.15) is 0 Å². The fourth-order valence-electron chi connectivity index (χ4n) is 2.77. The minimum Gasteiger partial charge on any atom is -0.441 e. The number of nitrogens with one attached hydrogen (secondary N) is 1. The van der Waals surface area contributed by atoms with Crippen LogP contribution in [0.4, 0.5) is 0 Å². The molecule has 0 spiro atoms. The normalized spacial score (nSPS) is 16.6. The zero-order chi connectivity index (χ0) is 17.1. The summed E-state index contributed by atoms with van der Waals surface area (Å²) in [6, 6.07) is 5.54. The Morgan fingerprint density at radius 3 is 2.85 bits per heavy atom. The molecule has 0 bridgehead atoms. The lowest BCUT2D eigenvalue weighted by Gasteiger charge is -2.31. The summed E-state index contributed by atoms with van der Waals surface area (Å²) in [7, 11) is 0. The maximum absolute atomic E-state index is 12.3. The summed E-state index contributed by atoms with van der Waals surface area (Å²) >= 11 is 12.1. The van der Waals surface area contributed by atoms with Crippen molar-refractivity contribution >= 4 is 53.9 Å². The number of carbonyl (C=O) groups excluding carboxylic acids is 1. The molecule has 1 aromatic carbocycles. The maximum Gasteiger partial charge on any atom is 0.223 e. The van der Waals surface area contributed by atoms with Gasteiger partial charge < -0.3 is 14.6 Å². The van der Waals surface area contributed by atoms with E-state index in [9.17, 15) is 4.79 Å². The Morgan fingerprint density at radius 1 is 1.38 bits per heavy atom. The zero-order valence-corrected chi connectivity index (χ0v) is 17.4. The number of benzene rings is 1. The van der Waals surface area contributed by atoms with E-state index in [0.29, 0.717) is 40.6 Å². The van der Waals surface area contributed by atoms with Crippen LogP contribution in [-0.4, -0.2) is 41.5 Å². The van der Waals surface area contributed by atoms with Gasteiger partial charge in [-0.3, -0.25) is 4.79 Å². The van der Waals surface area contributed by atoms with Gasteiger partial charge in [-0.05, 0) is 25.1 Å². The maximum atomic E-state index is 12.3. The second kappa shape index (κ2) is 10.4. The summed E-state index contributed by atoms with van der Waals surface area (Å²) in [5, 5.41) is 4.40. The van der Waals surface area contributed by atoms with Crippen molar-refractivity contribution in [2.45, 2.75) is 25.8 Å². The van der Waals surface area contributed by atoms with Gasteiger partial charge >= 0.3 is 0 Å². The van der Waals surface area contributed by atoms with Gasteiger partial charge in [-0.15, -0.1) is 24.8 Å². The average Bonchev–Trinajstić information content (AvgIpc) is 3.01. The second-order valence-electron chi connectivity index (χ2n) is 5.94. The number of rotatable bonds is 4. The Morgan fingerprint density at radius 2 is 2.15 bits per heavy atom. The second-order valence-corrected chi connectivity index (χ2v) is 6.78. The van der Waals surface area contributed by atoms with Crippen molar-refractivity contribution < 1.29 is 9.21 Å². The van der Waals surface area contributed by atoms with E-state index in [2.05, 4.69) is 17.2 Å². The van der Waals surface area contributed by atoms with E-state index in [-0.39, 0.29) is 30.7 Å². The van der Waals surface area contributed by atoms with Crippen molar-refractivity contribution in [1.29, 1.82) is 0 Å². The molecule has 2 aromatic rings. The Bertz CT molecular complexity index is 739. The molecule has 1 N–H and O–H groups in total. The van der Waals surface area contributed by atoms with Crippen molar-refractivity contribution in [1.82, 2.24) is 15.2 Å². The molecule has 1 aliphatic rings. The third-order valence-electron chi connectivity index (χ3n) is 4.02. The highest BCUT2D eigenvalue weighted by Crippen LogP contribution is 2.30. The van der Waals surface area contributed by atoms with Gasteiger partial charge in [0.15, 0.2) is 11.7 Å². The fraction of sp³-hybridized carbons (Fsp3) is 0.412. The number of nitrogens with zero attached hydrogens (tertiary/aromatic N) is 2. The van der Waals surface area contributed by atoms with Crippen LogP contribution in [0.15, 0.2) is 28.8 Å². The summed E-state index contributed by atoms with van der Waals surface area (Å²) in [5.74, 6) is 1.25. The van der Waals surface area contributed by atoms with Crippen molar-refractivity contribution in [3.05, 3.63) is 40.3 Å². The number of hydrogen-bond donors (Lipinski definition) is 1. The first-order valence-corrected chi connectivity index (χ1v) is 8.70. The molecule has 9 heteroatoms. The predicted octanol–water partition coefficient (Wildman–Crippen LogP) is 4.24. The average molecular weight is 441 g/mol. The third-order valence-corrected chi connectivity index (χ3v) is 4.57. The predicted molar refractivity (Wildman–Crippen MR) is 109 cm³/mol. The first-order valence-electron chi connectivity index (χ1n) is 7.94.